The number of nitrogens with one attached hydrogen (secondary N) is 1. The van der Waals surface area contributed by atoms with Gasteiger partial charge in [0.1, 0.15) is 0 Å². The van der Waals surface area contributed by atoms with Crippen LogP contribution in [0, 0.1) is 10.1 Å². The number of ether oxygens (including phenoxy) is 2. The number of nitro groups is 1. The number of pyridine rings is 1. The second-order valence-corrected chi connectivity index (χ2v) is 5.43. The fourth-order valence-electron chi connectivity index (χ4n) is 2.06. The third-order valence-electron chi connectivity index (χ3n) is 3.15. The van der Waals surface area contributed by atoms with Crippen LogP contribution in [0.2, 0.25) is 0 Å². The molecule has 26 heavy (non-hydrogen) atoms. The molecule has 0 fully saturated rings. The first-order chi connectivity index (χ1) is 12.4. The maximum atomic E-state index is 11.9. The van der Waals surface area contributed by atoms with E-state index in [1.165, 1.54) is 50.0 Å². The highest BCUT2D eigenvalue weighted by Gasteiger charge is 2.23. The molecule has 1 heterocycles. The van der Waals surface area contributed by atoms with Gasteiger partial charge in [0.25, 0.3) is 5.91 Å². The quantitative estimate of drug-likeness (QED) is 0.462. The van der Waals surface area contributed by atoms with Gasteiger partial charge in [-0.3, -0.25) is 19.9 Å². The molecule has 0 spiro atoms. The summed E-state index contributed by atoms with van der Waals surface area (Å²) in [7, 11) is 1.39. The van der Waals surface area contributed by atoms with Crippen LogP contribution in [0.15, 0.2) is 41.8 Å². The molecule has 136 valence electrons. The molecule has 1 N–H and O–H groups in total. The number of methoxy groups -OCH3 is 1. The van der Waals surface area contributed by atoms with Crippen molar-refractivity contribution in [2.75, 3.05) is 7.11 Å². The van der Waals surface area contributed by atoms with Crippen molar-refractivity contribution < 1.29 is 19.2 Å². The second kappa shape index (κ2) is 8.56. The lowest BCUT2D eigenvalue weighted by Gasteiger charge is -2.14. The standard InChI is InChI=1S/C17H18N4O5/c1-11(2)26-16-14(21(23)24)8-12(9-15(16)25-3)10-19-20-17(22)13-4-6-18-7-5-13/h4-11H,1-3H3,(H,20,22)/b19-10-. The largest absolute Gasteiger partial charge is 0.493 e. The lowest BCUT2D eigenvalue weighted by atomic mass is 10.2. The minimum absolute atomic E-state index is 0.0467. The number of hydrazone groups is 1. The normalized spacial score (nSPS) is 10.8. The van der Waals surface area contributed by atoms with Crippen LogP contribution in [0.25, 0.3) is 0 Å². The Hall–Kier alpha value is -3.49. The maximum absolute atomic E-state index is 11.9. The summed E-state index contributed by atoms with van der Waals surface area (Å²) in [5, 5.41) is 15.2. The average molecular weight is 358 g/mol. The molecule has 0 bridgehead atoms. The van der Waals surface area contributed by atoms with Gasteiger partial charge in [0.05, 0.1) is 24.4 Å². The SMILES string of the molecule is COc1cc(/C=N\NC(=O)c2ccncc2)cc([N+](=O)[O-])c1OC(C)C. The van der Waals surface area contributed by atoms with Crippen molar-refractivity contribution in [2.24, 2.45) is 5.10 Å². The van der Waals surface area contributed by atoms with Gasteiger partial charge in [-0.05, 0) is 32.0 Å². The Morgan fingerprint density at radius 3 is 2.62 bits per heavy atom. The van der Waals surface area contributed by atoms with Crippen molar-refractivity contribution in [1.29, 1.82) is 0 Å². The maximum Gasteiger partial charge on any atom is 0.315 e. The topological polar surface area (TPSA) is 116 Å². The number of carbonyl (C=O) groups is 1. The molecule has 0 saturated carbocycles. The number of hydrogen-bond donors (Lipinski definition) is 1. The van der Waals surface area contributed by atoms with Gasteiger partial charge in [-0.15, -0.1) is 0 Å². The van der Waals surface area contributed by atoms with Gasteiger partial charge in [-0.2, -0.15) is 5.10 Å². The molecule has 0 aliphatic heterocycles. The molecule has 1 aromatic heterocycles. The van der Waals surface area contributed by atoms with Gasteiger partial charge < -0.3 is 9.47 Å². The second-order valence-electron chi connectivity index (χ2n) is 5.43. The highest BCUT2D eigenvalue weighted by molar-refractivity contribution is 5.94. The Labute approximate surface area is 149 Å². The van der Waals surface area contributed by atoms with Crippen molar-refractivity contribution in [3.63, 3.8) is 0 Å². The van der Waals surface area contributed by atoms with Crippen LogP contribution < -0.4 is 14.9 Å². The van der Waals surface area contributed by atoms with E-state index in [9.17, 15) is 14.9 Å². The summed E-state index contributed by atoms with van der Waals surface area (Å²) in [6, 6.07) is 5.91. The summed E-state index contributed by atoms with van der Waals surface area (Å²) in [5.74, 6) is -0.176. The summed E-state index contributed by atoms with van der Waals surface area (Å²) in [5.41, 5.74) is 2.86. The number of benzene rings is 1. The van der Waals surface area contributed by atoms with E-state index < -0.39 is 10.8 Å². The molecule has 2 rings (SSSR count). The number of hydrogen-bond acceptors (Lipinski definition) is 7. The monoisotopic (exact) mass is 358 g/mol. The minimum Gasteiger partial charge on any atom is -0.493 e. The van der Waals surface area contributed by atoms with E-state index in [1.54, 1.807) is 13.8 Å². The zero-order chi connectivity index (χ0) is 19.1. The van der Waals surface area contributed by atoms with E-state index in [4.69, 9.17) is 9.47 Å². The van der Waals surface area contributed by atoms with Crippen molar-refractivity contribution in [3.05, 3.63) is 57.9 Å². The average Bonchev–Trinajstić information content (AvgIpc) is 2.62. The van der Waals surface area contributed by atoms with E-state index in [1.807, 2.05) is 0 Å². The molecule has 0 radical (unpaired) electrons. The van der Waals surface area contributed by atoms with Crippen molar-refractivity contribution in [2.45, 2.75) is 20.0 Å². The fourth-order valence-corrected chi connectivity index (χ4v) is 2.06. The fraction of sp³-hybridized carbons (Fsp3) is 0.235. The first-order valence-corrected chi connectivity index (χ1v) is 7.69. The summed E-state index contributed by atoms with van der Waals surface area (Å²) < 4.78 is 10.7. The van der Waals surface area contributed by atoms with Gasteiger partial charge in [-0.25, -0.2) is 5.43 Å². The van der Waals surface area contributed by atoms with Crippen LogP contribution in [0.3, 0.4) is 0 Å². The Balaban J connectivity index is 2.25. The molecule has 9 nitrogen and oxygen atoms in total. The number of rotatable bonds is 7. The number of aromatic nitrogens is 1. The smallest absolute Gasteiger partial charge is 0.315 e. The number of carbonyl (C=O) groups excluding carboxylic acids is 1. The molecule has 0 aliphatic rings. The van der Waals surface area contributed by atoms with Crippen molar-refractivity contribution in [1.82, 2.24) is 10.4 Å². The van der Waals surface area contributed by atoms with Crippen molar-refractivity contribution >= 4 is 17.8 Å². The summed E-state index contributed by atoms with van der Waals surface area (Å²) in [6.45, 7) is 3.51. The van der Waals surface area contributed by atoms with E-state index in [2.05, 4.69) is 15.5 Å². The van der Waals surface area contributed by atoms with Crippen LogP contribution in [0.4, 0.5) is 5.69 Å². The summed E-state index contributed by atoms with van der Waals surface area (Å²) >= 11 is 0. The first kappa shape index (κ1) is 18.8. The molecule has 1 aromatic carbocycles. The molecule has 0 atom stereocenters. The Morgan fingerprint density at radius 1 is 1.35 bits per heavy atom. The molecule has 0 unspecified atom stereocenters. The van der Waals surface area contributed by atoms with E-state index in [0.717, 1.165) is 0 Å². The number of nitro benzene ring substituents is 1. The highest BCUT2D eigenvalue weighted by atomic mass is 16.6. The molecule has 0 aliphatic carbocycles. The van der Waals surface area contributed by atoms with Crippen LogP contribution in [0.5, 0.6) is 11.5 Å². The summed E-state index contributed by atoms with van der Waals surface area (Å²) in [4.78, 5) is 26.5. The van der Waals surface area contributed by atoms with E-state index >= 15 is 0 Å². The minimum atomic E-state index is -0.562. The lowest BCUT2D eigenvalue weighted by Crippen LogP contribution is -2.17. The molecule has 0 saturated heterocycles. The predicted octanol–water partition coefficient (Wildman–Crippen LogP) is 2.55. The molecule has 1 amide bonds. The zero-order valence-corrected chi connectivity index (χ0v) is 14.5. The Kier molecular flexibility index (Phi) is 6.20. The molecular formula is C17H18N4O5. The van der Waals surface area contributed by atoms with Gasteiger partial charge in [0.2, 0.25) is 5.75 Å². The molecule has 2 aromatic rings. The van der Waals surface area contributed by atoms with Crippen LogP contribution in [-0.4, -0.2) is 35.2 Å². The summed E-state index contributed by atoms with van der Waals surface area (Å²) in [6.07, 6.45) is 4.00. The zero-order valence-electron chi connectivity index (χ0n) is 14.5. The van der Waals surface area contributed by atoms with E-state index in [0.29, 0.717) is 11.1 Å². The Bertz CT molecular complexity index is 821. The third kappa shape index (κ3) is 4.76. The van der Waals surface area contributed by atoms with Gasteiger partial charge in [-0.1, -0.05) is 0 Å². The van der Waals surface area contributed by atoms with Crippen LogP contribution in [-0.2, 0) is 0 Å². The lowest BCUT2D eigenvalue weighted by molar-refractivity contribution is -0.386. The third-order valence-corrected chi connectivity index (χ3v) is 3.15. The van der Waals surface area contributed by atoms with Crippen LogP contribution in [0.1, 0.15) is 29.8 Å². The van der Waals surface area contributed by atoms with Gasteiger partial charge >= 0.3 is 5.69 Å². The highest BCUT2D eigenvalue weighted by Crippen LogP contribution is 2.38. The number of nitrogens with zero attached hydrogens (tertiary/aromatic N) is 3. The number of amides is 1. The predicted molar refractivity (Wildman–Crippen MR) is 94.7 cm³/mol. The molecular weight excluding hydrogens is 340 g/mol. The van der Waals surface area contributed by atoms with Crippen molar-refractivity contribution in [3.8, 4) is 11.5 Å². The van der Waals surface area contributed by atoms with Gasteiger partial charge in [0.15, 0.2) is 5.75 Å². The first-order valence-electron chi connectivity index (χ1n) is 7.69. The van der Waals surface area contributed by atoms with Crippen LogP contribution >= 0.6 is 0 Å². The Morgan fingerprint density at radius 2 is 2.04 bits per heavy atom. The van der Waals surface area contributed by atoms with Gasteiger partial charge in [0, 0.05) is 29.6 Å². The molecule has 9 heteroatoms. The van der Waals surface area contributed by atoms with E-state index in [-0.39, 0.29) is 23.3 Å².